The van der Waals surface area contributed by atoms with Crippen LogP contribution in [-0.4, -0.2) is 65.3 Å². The SMILES string of the molecule is COCCn1cncc1CN1CCN(C2CCCCC2)CC1. The van der Waals surface area contributed by atoms with Crippen LogP contribution in [0.2, 0.25) is 0 Å². The van der Waals surface area contributed by atoms with Crippen molar-refractivity contribution < 1.29 is 4.74 Å². The Hall–Kier alpha value is -0.910. The van der Waals surface area contributed by atoms with Crippen molar-refractivity contribution in [3.8, 4) is 0 Å². The number of rotatable bonds is 6. The summed E-state index contributed by atoms with van der Waals surface area (Å²) in [4.78, 5) is 9.60. The Balaban J connectivity index is 1.46. The molecule has 0 bridgehead atoms. The molecule has 22 heavy (non-hydrogen) atoms. The Kier molecular flexibility index (Phi) is 5.87. The molecule has 0 radical (unpaired) electrons. The van der Waals surface area contributed by atoms with Crippen molar-refractivity contribution in [2.45, 2.75) is 51.2 Å². The lowest BCUT2D eigenvalue weighted by atomic mass is 9.94. The second-order valence-electron chi connectivity index (χ2n) is 6.68. The molecule has 5 heteroatoms. The summed E-state index contributed by atoms with van der Waals surface area (Å²) in [6, 6.07) is 0.864. The number of nitrogens with zero attached hydrogens (tertiary/aromatic N) is 4. The molecule has 0 spiro atoms. The molecule has 1 aliphatic heterocycles. The Morgan fingerprint density at radius 3 is 2.64 bits per heavy atom. The molecule has 1 saturated carbocycles. The Morgan fingerprint density at radius 1 is 1.14 bits per heavy atom. The van der Waals surface area contributed by atoms with Crippen LogP contribution < -0.4 is 0 Å². The number of imidazole rings is 1. The largest absolute Gasteiger partial charge is 0.383 e. The van der Waals surface area contributed by atoms with Crippen molar-refractivity contribution in [2.24, 2.45) is 0 Å². The van der Waals surface area contributed by atoms with Crippen molar-refractivity contribution in [3.63, 3.8) is 0 Å². The number of methoxy groups -OCH3 is 1. The molecule has 1 aromatic rings. The molecule has 1 aliphatic carbocycles. The van der Waals surface area contributed by atoms with Crippen LogP contribution in [0.3, 0.4) is 0 Å². The van der Waals surface area contributed by atoms with Gasteiger partial charge in [-0.1, -0.05) is 19.3 Å². The number of hydrogen-bond donors (Lipinski definition) is 0. The van der Waals surface area contributed by atoms with Crippen molar-refractivity contribution in [1.29, 1.82) is 0 Å². The first-order chi connectivity index (χ1) is 10.9. The van der Waals surface area contributed by atoms with E-state index in [4.69, 9.17) is 4.74 Å². The van der Waals surface area contributed by atoms with Crippen LogP contribution in [-0.2, 0) is 17.8 Å². The highest BCUT2D eigenvalue weighted by Crippen LogP contribution is 2.23. The molecule has 2 heterocycles. The van der Waals surface area contributed by atoms with Gasteiger partial charge in [0.15, 0.2) is 0 Å². The number of aromatic nitrogens is 2. The summed E-state index contributed by atoms with van der Waals surface area (Å²) in [6.07, 6.45) is 11.1. The zero-order valence-electron chi connectivity index (χ0n) is 13.9. The highest BCUT2D eigenvalue weighted by molar-refractivity contribution is 4.99. The lowest BCUT2D eigenvalue weighted by Crippen LogP contribution is -2.50. The predicted octanol–water partition coefficient (Wildman–Crippen LogP) is 1.98. The van der Waals surface area contributed by atoms with Crippen molar-refractivity contribution in [3.05, 3.63) is 18.2 Å². The second-order valence-corrected chi connectivity index (χ2v) is 6.68. The quantitative estimate of drug-likeness (QED) is 0.805. The van der Waals surface area contributed by atoms with Crippen LogP contribution in [0.15, 0.2) is 12.5 Å². The minimum absolute atomic E-state index is 0.749. The molecule has 0 atom stereocenters. The van der Waals surface area contributed by atoms with Gasteiger partial charge in [-0.05, 0) is 12.8 Å². The third kappa shape index (κ3) is 4.09. The summed E-state index contributed by atoms with van der Waals surface area (Å²) in [5, 5.41) is 0. The van der Waals surface area contributed by atoms with Gasteiger partial charge in [-0.25, -0.2) is 4.98 Å². The first-order valence-corrected chi connectivity index (χ1v) is 8.81. The van der Waals surface area contributed by atoms with Gasteiger partial charge in [-0.3, -0.25) is 9.80 Å². The van der Waals surface area contributed by atoms with E-state index in [1.807, 2.05) is 12.5 Å². The van der Waals surface area contributed by atoms with Gasteiger partial charge < -0.3 is 9.30 Å². The molecule has 5 nitrogen and oxygen atoms in total. The molecule has 2 fully saturated rings. The van der Waals surface area contributed by atoms with Crippen LogP contribution in [0, 0.1) is 0 Å². The zero-order valence-corrected chi connectivity index (χ0v) is 13.9. The standard InChI is InChI=1S/C17H30N4O/c1-22-12-11-21-15-18-13-17(21)14-19-7-9-20(10-8-19)16-5-3-2-4-6-16/h13,15-16H,2-12,14H2,1H3. The maximum Gasteiger partial charge on any atom is 0.0949 e. The Labute approximate surface area is 134 Å². The first-order valence-electron chi connectivity index (χ1n) is 8.81. The van der Waals surface area contributed by atoms with E-state index in [1.54, 1.807) is 7.11 Å². The third-order valence-electron chi connectivity index (χ3n) is 5.22. The average Bonchev–Trinajstić information content (AvgIpc) is 3.01. The molecule has 3 rings (SSSR count). The van der Waals surface area contributed by atoms with Crippen LogP contribution in [0.25, 0.3) is 0 Å². The van der Waals surface area contributed by atoms with E-state index >= 15 is 0 Å². The van der Waals surface area contributed by atoms with Crippen molar-refractivity contribution in [2.75, 3.05) is 39.9 Å². The summed E-state index contributed by atoms with van der Waals surface area (Å²) in [5.41, 5.74) is 1.31. The highest BCUT2D eigenvalue weighted by Gasteiger charge is 2.25. The van der Waals surface area contributed by atoms with E-state index in [0.717, 1.165) is 25.7 Å². The number of piperazine rings is 1. The van der Waals surface area contributed by atoms with Gasteiger partial charge in [-0.15, -0.1) is 0 Å². The summed E-state index contributed by atoms with van der Waals surface area (Å²) in [6.45, 7) is 7.50. The van der Waals surface area contributed by atoms with Gasteiger partial charge in [-0.2, -0.15) is 0 Å². The van der Waals surface area contributed by atoms with E-state index in [2.05, 4.69) is 19.4 Å². The molecule has 2 aliphatic rings. The third-order valence-corrected chi connectivity index (χ3v) is 5.22. The lowest BCUT2D eigenvalue weighted by molar-refractivity contribution is 0.0741. The smallest absolute Gasteiger partial charge is 0.0949 e. The fraction of sp³-hybridized carbons (Fsp3) is 0.824. The Bertz CT molecular complexity index is 434. The van der Waals surface area contributed by atoms with E-state index in [-0.39, 0.29) is 0 Å². The summed E-state index contributed by atoms with van der Waals surface area (Å²) in [7, 11) is 1.75. The second kappa shape index (κ2) is 8.09. The van der Waals surface area contributed by atoms with Crippen molar-refractivity contribution >= 4 is 0 Å². The zero-order chi connectivity index (χ0) is 15.2. The molecule has 0 N–H and O–H groups in total. The monoisotopic (exact) mass is 306 g/mol. The van der Waals surface area contributed by atoms with Gasteiger partial charge in [0.1, 0.15) is 0 Å². The normalized spacial score (nSPS) is 22.2. The van der Waals surface area contributed by atoms with E-state index in [0.29, 0.717) is 0 Å². The van der Waals surface area contributed by atoms with Crippen molar-refractivity contribution in [1.82, 2.24) is 19.4 Å². The fourth-order valence-corrected chi connectivity index (χ4v) is 3.83. The molecule has 0 amide bonds. The maximum absolute atomic E-state index is 5.17. The summed E-state index contributed by atoms with van der Waals surface area (Å²) >= 11 is 0. The van der Waals surface area contributed by atoms with Gasteiger partial charge >= 0.3 is 0 Å². The van der Waals surface area contributed by atoms with Gasteiger partial charge in [0.2, 0.25) is 0 Å². The molecule has 1 aromatic heterocycles. The molecule has 0 unspecified atom stereocenters. The highest BCUT2D eigenvalue weighted by atomic mass is 16.5. The topological polar surface area (TPSA) is 33.5 Å². The predicted molar refractivity (Wildman–Crippen MR) is 87.8 cm³/mol. The van der Waals surface area contributed by atoms with Gasteiger partial charge in [0, 0.05) is 58.6 Å². The minimum atomic E-state index is 0.749. The molecular weight excluding hydrogens is 276 g/mol. The molecule has 0 aromatic carbocycles. The van der Waals surface area contributed by atoms with E-state index in [1.165, 1.54) is 64.0 Å². The van der Waals surface area contributed by atoms with Crippen LogP contribution in [0.1, 0.15) is 37.8 Å². The van der Waals surface area contributed by atoms with E-state index in [9.17, 15) is 0 Å². The summed E-state index contributed by atoms with van der Waals surface area (Å²) < 4.78 is 7.39. The van der Waals surface area contributed by atoms with Crippen LogP contribution in [0.5, 0.6) is 0 Å². The number of hydrogen-bond acceptors (Lipinski definition) is 4. The lowest BCUT2D eigenvalue weighted by Gasteiger charge is -2.40. The minimum Gasteiger partial charge on any atom is -0.383 e. The molecule has 1 saturated heterocycles. The maximum atomic E-state index is 5.17. The Morgan fingerprint density at radius 2 is 1.91 bits per heavy atom. The molecule has 124 valence electrons. The van der Waals surface area contributed by atoms with Crippen LogP contribution in [0.4, 0.5) is 0 Å². The molecular formula is C17H30N4O. The average molecular weight is 306 g/mol. The van der Waals surface area contributed by atoms with E-state index < -0.39 is 0 Å². The fourth-order valence-electron chi connectivity index (χ4n) is 3.83. The summed E-state index contributed by atoms with van der Waals surface area (Å²) in [5.74, 6) is 0. The first kappa shape index (κ1) is 16.0. The number of ether oxygens (including phenoxy) is 1. The van der Waals surface area contributed by atoms with Crippen LogP contribution >= 0.6 is 0 Å². The van der Waals surface area contributed by atoms with Gasteiger partial charge in [0.05, 0.1) is 18.6 Å². The van der Waals surface area contributed by atoms with Gasteiger partial charge in [0.25, 0.3) is 0 Å².